The molecule has 2 bridgehead atoms. The third-order valence-corrected chi connectivity index (χ3v) is 5.61. The van der Waals surface area contributed by atoms with E-state index >= 15 is 0 Å². The van der Waals surface area contributed by atoms with Crippen LogP contribution in [0.2, 0.25) is 0 Å². The molecule has 0 aromatic heterocycles. The van der Waals surface area contributed by atoms with E-state index in [1.54, 1.807) is 0 Å². The van der Waals surface area contributed by atoms with Crippen molar-refractivity contribution in [1.82, 2.24) is 4.90 Å². The summed E-state index contributed by atoms with van der Waals surface area (Å²) in [5, 5.41) is 8.93. The Morgan fingerprint density at radius 3 is 2.76 bits per heavy atom. The highest BCUT2D eigenvalue weighted by molar-refractivity contribution is 14.1. The molecule has 1 N–H and O–H groups in total. The van der Waals surface area contributed by atoms with Crippen LogP contribution in [-0.4, -0.2) is 47.8 Å². The van der Waals surface area contributed by atoms with Crippen LogP contribution >= 0.6 is 22.6 Å². The minimum Gasteiger partial charge on any atom is -0.480 e. The number of carboxylic acid groups (broad SMARTS) is 1. The monoisotopic (exact) mass is 401 g/mol. The van der Waals surface area contributed by atoms with Crippen LogP contribution in [0.4, 0.5) is 0 Å². The fraction of sp³-hybridized carbons (Fsp3) is 0.562. The molecule has 2 saturated heterocycles. The second-order valence-corrected chi connectivity index (χ2v) is 7.27. The lowest BCUT2D eigenvalue weighted by Crippen LogP contribution is -2.50. The molecule has 3 rings (SSSR count). The first-order valence-corrected chi connectivity index (χ1v) is 8.45. The zero-order chi connectivity index (χ0) is 15.0. The maximum absolute atomic E-state index is 10.9. The molecule has 0 saturated carbocycles. The molecule has 1 aromatic carbocycles. The fourth-order valence-electron chi connectivity index (χ4n) is 3.85. The summed E-state index contributed by atoms with van der Waals surface area (Å²) in [5.41, 5.74) is 1.27. The predicted octanol–water partition coefficient (Wildman–Crippen LogP) is 2.71. The lowest BCUT2D eigenvalue weighted by Gasteiger charge is -2.42. The van der Waals surface area contributed by atoms with E-state index in [2.05, 4.69) is 58.8 Å². The van der Waals surface area contributed by atoms with Crippen LogP contribution < -0.4 is 0 Å². The Labute approximate surface area is 138 Å². The molecule has 0 radical (unpaired) electrons. The van der Waals surface area contributed by atoms with Gasteiger partial charge >= 0.3 is 5.97 Å². The smallest absolute Gasteiger partial charge is 0.329 e. The number of rotatable bonds is 4. The summed E-state index contributed by atoms with van der Waals surface area (Å²) in [7, 11) is 2.14. The van der Waals surface area contributed by atoms with Crippen LogP contribution in [0, 0.1) is 3.57 Å². The highest BCUT2D eigenvalue weighted by Crippen LogP contribution is 2.43. The summed E-state index contributed by atoms with van der Waals surface area (Å²) in [6.45, 7) is -0.208. The first kappa shape index (κ1) is 15.2. The van der Waals surface area contributed by atoms with Crippen molar-refractivity contribution >= 4 is 28.6 Å². The van der Waals surface area contributed by atoms with Gasteiger partial charge in [0.2, 0.25) is 0 Å². The van der Waals surface area contributed by atoms with Crippen molar-refractivity contribution in [3.8, 4) is 0 Å². The molecule has 114 valence electrons. The van der Waals surface area contributed by atoms with Gasteiger partial charge in [0.05, 0.1) is 6.10 Å². The largest absolute Gasteiger partial charge is 0.480 e. The predicted molar refractivity (Wildman–Crippen MR) is 88.5 cm³/mol. The van der Waals surface area contributed by atoms with Crippen LogP contribution in [0.25, 0.3) is 0 Å². The number of benzene rings is 1. The maximum atomic E-state index is 10.9. The molecule has 1 unspecified atom stereocenters. The van der Waals surface area contributed by atoms with Gasteiger partial charge in [-0.2, -0.15) is 0 Å². The minimum absolute atomic E-state index is 0.0232. The zero-order valence-corrected chi connectivity index (χ0v) is 14.2. The van der Waals surface area contributed by atoms with Gasteiger partial charge in [-0.15, -0.1) is 0 Å². The van der Waals surface area contributed by atoms with Crippen LogP contribution in [0.15, 0.2) is 24.3 Å². The van der Waals surface area contributed by atoms with E-state index in [1.807, 2.05) is 0 Å². The molecule has 0 spiro atoms. The Bertz CT molecular complexity index is 519. The van der Waals surface area contributed by atoms with Gasteiger partial charge in [0.25, 0.3) is 0 Å². The number of carbonyl (C=O) groups is 1. The van der Waals surface area contributed by atoms with Gasteiger partial charge in [0.1, 0.15) is 6.61 Å². The molecule has 0 amide bonds. The number of ether oxygens (including phenoxy) is 1. The third kappa shape index (κ3) is 3.10. The van der Waals surface area contributed by atoms with Gasteiger partial charge in [0, 0.05) is 21.6 Å². The van der Waals surface area contributed by atoms with Crippen LogP contribution in [0.1, 0.15) is 30.7 Å². The zero-order valence-electron chi connectivity index (χ0n) is 12.0. The van der Waals surface area contributed by atoms with E-state index in [0.29, 0.717) is 18.0 Å². The summed E-state index contributed by atoms with van der Waals surface area (Å²) in [4.78, 5) is 13.3. The minimum atomic E-state index is -0.890. The lowest BCUT2D eigenvalue weighted by atomic mass is 9.83. The second kappa shape index (κ2) is 6.22. The van der Waals surface area contributed by atoms with E-state index in [1.165, 1.54) is 15.6 Å². The SMILES string of the molecule is CN1[C@H]2CC[C@@H]1[C@@H](OCC(=O)O)C(c1ccc(I)cc1)C2. The number of piperidine rings is 1. The van der Waals surface area contributed by atoms with Crippen LogP contribution in [0.3, 0.4) is 0 Å². The third-order valence-electron chi connectivity index (χ3n) is 4.89. The van der Waals surface area contributed by atoms with Crippen molar-refractivity contribution < 1.29 is 14.6 Å². The first-order chi connectivity index (χ1) is 10.1. The molecule has 1 aromatic rings. The van der Waals surface area contributed by atoms with Crippen molar-refractivity contribution in [2.75, 3.05) is 13.7 Å². The van der Waals surface area contributed by atoms with Crippen molar-refractivity contribution in [3.05, 3.63) is 33.4 Å². The van der Waals surface area contributed by atoms with Crippen molar-refractivity contribution in [2.24, 2.45) is 0 Å². The molecule has 0 aliphatic carbocycles. The van der Waals surface area contributed by atoms with E-state index in [-0.39, 0.29) is 12.7 Å². The summed E-state index contributed by atoms with van der Waals surface area (Å²) in [5.74, 6) is -0.589. The summed E-state index contributed by atoms with van der Waals surface area (Å²) in [6, 6.07) is 9.49. The average molecular weight is 401 g/mol. The van der Waals surface area contributed by atoms with Gasteiger partial charge in [-0.3, -0.25) is 4.90 Å². The van der Waals surface area contributed by atoms with Crippen LogP contribution in [-0.2, 0) is 9.53 Å². The maximum Gasteiger partial charge on any atom is 0.329 e. The Morgan fingerprint density at radius 1 is 1.38 bits per heavy atom. The topological polar surface area (TPSA) is 49.8 Å². The number of aliphatic carboxylic acids is 1. The van der Waals surface area contributed by atoms with Gasteiger partial charge in [-0.1, -0.05) is 12.1 Å². The summed E-state index contributed by atoms with van der Waals surface area (Å²) < 4.78 is 7.02. The highest BCUT2D eigenvalue weighted by Gasteiger charge is 2.46. The number of hydrogen-bond acceptors (Lipinski definition) is 3. The van der Waals surface area contributed by atoms with Crippen LogP contribution in [0.5, 0.6) is 0 Å². The molecule has 2 fully saturated rings. The number of hydrogen-bond donors (Lipinski definition) is 1. The van der Waals surface area contributed by atoms with E-state index < -0.39 is 5.97 Å². The number of likely N-dealkylation sites (N-methyl/N-ethyl adjacent to an activating group) is 1. The number of fused-ring (bicyclic) bond motifs is 2. The quantitative estimate of drug-likeness (QED) is 0.789. The van der Waals surface area contributed by atoms with E-state index in [9.17, 15) is 4.79 Å². The Hall–Kier alpha value is -0.660. The van der Waals surface area contributed by atoms with E-state index in [0.717, 1.165) is 12.8 Å². The molecule has 4 nitrogen and oxygen atoms in total. The Kier molecular flexibility index (Phi) is 4.51. The number of nitrogens with zero attached hydrogens (tertiary/aromatic N) is 1. The molecule has 2 heterocycles. The van der Waals surface area contributed by atoms with Crippen molar-refractivity contribution in [3.63, 3.8) is 0 Å². The highest BCUT2D eigenvalue weighted by atomic mass is 127. The van der Waals surface area contributed by atoms with Crippen molar-refractivity contribution in [2.45, 2.75) is 43.4 Å². The standard InChI is InChI=1S/C16H20INO3/c1-18-12-6-7-14(18)16(21-9-15(19)20)13(8-12)10-2-4-11(17)5-3-10/h2-5,12-14,16H,6-9H2,1H3,(H,19,20)/t12-,13?,14+,16-/m0/s1. The fourth-order valence-corrected chi connectivity index (χ4v) is 4.21. The molecule has 4 atom stereocenters. The molecule has 5 heteroatoms. The summed E-state index contributed by atoms with van der Waals surface area (Å²) in [6.07, 6.45) is 3.32. The van der Waals surface area contributed by atoms with Gasteiger partial charge in [-0.25, -0.2) is 4.79 Å². The molecular formula is C16H20INO3. The first-order valence-electron chi connectivity index (χ1n) is 7.37. The molecule has 2 aliphatic heterocycles. The lowest BCUT2D eigenvalue weighted by molar-refractivity contribution is -0.147. The van der Waals surface area contributed by atoms with Gasteiger partial charge in [-0.05, 0) is 66.6 Å². The van der Waals surface area contributed by atoms with Gasteiger partial charge < -0.3 is 9.84 Å². The normalized spacial score (nSPS) is 32.3. The second-order valence-electron chi connectivity index (χ2n) is 6.03. The number of halogens is 1. The molecule has 2 aliphatic rings. The van der Waals surface area contributed by atoms with E-state index in [4.69, 9.17) is 9.84 Å². The summed E-state index contributed by atoms with van der Waals surface area (Å²) >= 11 is 2.30. The van der Waals surface area contributed by atoms with Gasteiger partial charge in [0.15, 0.2) is 0 Å². The molecule has 21 heavy (non-hydrogen) atoms. The average Bonchev–Trinajstić information content (AvgIpc) is 2.70. The Balaban J connectivity index is 1.85. The number of carboxylic acids is 1. The van der Waals surface area contributed by atoms with Crippen molar-refractivity contribution in [1.29, 1.82) is 0 Å². The molecular weight excluding hydrogens is 381 g/mol. The Morgan fingerprint density at radius 2 is 2.10 bits per heavy atom.